The van der Waals surface area contributed by atoms with Crippen LogP contribution in [-0.4, -0.2) is 81.4 Å². The molecule has 8 nitrogen and oxygen atoms in total. The Kier molecular flexibility index (Phi) is 26.1. The van der Waals surface area contributed by atoms with Gasteiger partial charge in [-0.3, -0.25) is 4.79 Å². The highest BCUT2D eigenvalue weighted by Gasteiger charge is 2.17. The monoisotopic (exact) mass is 593 g/mol. The second-order valence-corrected chi connectivity index (χ2v) is 11.6. The molecular weight excluding hydrogens is 534 g/mol. The van der Waals surface area contributed by atoms with Gasteiger partial charge in [-0.15, -0.1) is 0 Å². The number of hydrogen-bond donors (Lipinski definition) is 1. The van der Waals surface area contributed by atoms with Crippen LogP contribution in [0.5, 0.6) is 0 Å². The summed E-state index contributed by atoms with van der Waals surface area (Å²) in [5, 5.41) is 21.1. The Morgan fingerprint density at radius 3 is 1.81 bits per heavy atom. The van der Waals surface area contributed by atoms with Gasteiger partial charge in [-0.1, -0.05) is 94.1 Å². The van der Waals surface area contributed by atoms with E-state index in [1.54, 1.807) is 0 Å². The summed E-state index contributed by atoms with van der Waals surface area (Å²) < 4.78 is 15.9. The van der Waals surface area contributed by atoms with E-state index in [2.05, 4.69) is 55.5 Å². The number of esters is 1. The number of unbranched alkanes of at least 4 members (excludes halogenated alkanes) is 8. The quantitative estimate of drug-likeness (QED) is 0.0425. The third kappa shape index (κ3) is 29.2. The summed E-state index contributed by atoms with van der Waals surface area (Å²) in [6, 6.07) is 0. The molecule has 0 bridgehead atoms. The number of carboxylic acids is 1. The zero-order chi connectivity index (χ0) is 31.3. The van der Waals surface area contributed by atoms with Crippen molar-refractivity contribution >= 4 is 11.9 Å². The topological polar surface area (TPSA) is 105 Å². The van der Waals surface area contributed by atoms with E-state index in [9.17, 15) is 19.8 Å². The van der Waals surface area contributed by atoms with Crippen LogP contribution in [-0.2, 0) is 23.8 Å². The smallest absolute Gasteiger partial charge is 0.305 e. The predicted octanol–water partition coefficient (Wildman–Crippen LogP) is 5.41. The van der Waals surface area contributed by atoms with Gasteiger partial charge in [0.2, 0.25) is 0 Å². The number of rotatable bonds is 28. The molecule has 0 saturated carbocycles. The Bertz CT molecular complexity index is 783. The van der Waals surface area contributed by atoms with Gasteiger partial charge in [-0.2, -0.15) is 0 Å². The molecule has 0 rings (SSSR count). The average Bonchev–Trinajstić information content (AvgIpc) is 2.93. The van der Waals surface area contributed by atoms with E-state index >= 15 is 0 Å². The molecule has 2 unspecified atom stereocenters. The van der Waals surface area contributed by atoms with Crippen LogP contribution in [0.15, 0.2) is 48.6 Å². The number of aliphatic hydroxyl groups is 1. The zero-order valence-electron chi connectivity index (χ0n) is 26.8. The molecule has 0 aliphatic carbocycles. The minimum atomic E-state index is -1.58. The van der Waals surface area contributed by atoms with Crippen LogP contribution in [0.3, 0.4) is 0 Å². The molecule has 0 amide bonds. The lowest BCUT2D eigenvalue weighted by molar-refractivity contribution is -0.870. The van der Waals surface area contributed by atoms with E-state index in [1.807, 2.05) is 21.1 Å². The minimum Gasteiger partial charge on any atom is -0.545 e. The maximum atomic E-state index is 11.9. The lowest BCUT2D eigenvalue weighted by Crippen LogP contribution is -2.44. The van der Waals surface area contributed by atoms with Gasteiger partial charge in [0.1, 0.15) is 19.3 Å². The maximum absolute atomic E-state index is 11.9. The van der Waals surface area contributed by atoms with Crippen molar-refractivity contribution < 1.29 is 38.5 Å². The summed E-state index contributed by atoms with van der Waals surface area (Å²) >= 11 is 0. The van der Waals surface area contributed by atoms with Gasteiger partial charge in [0.25, 0.3) is 0 Å². The maximum Gasteiger partial charge on any atom is 0.305 e. The van der Waals surface area contributed by atoms with Crippen LogP contribution in [0, 0.1) is 0 Å². The summed E-state index contributed by atoms with van der Waals surface area (Å²) in [5.41, 5.74) is 0. The number of carbonyl (C=O) groups is 2. The van der Waals surface area contributed by atoms with Gasteiger partial charge >= 0.3 is 5.97 Å². The zero-order valence-corrected chi connectivity index (χ0v) is 26.8. The molecule has 0 aliphatic rings. The first-order valence-electron chi connectivity index (χ1n) is 15.8. The van der Waals surface area contributed by atoms with E-state index in [1.165, 1.54) is 32.1 Å². The van der Waals surface area contributed by atoms with Crippen LogP contribution in [0.1, 0.15) is 96.8 Å². The van der Waals surface area contributed by atoms with Crippen molar-refractivity contribution in [3.05, 3.63) is 48.6 Å². The summed E-state index contributed by atoms with van der Waals surface area (Å²) in [7, 11) is 5.86. The van der Waals surface area contributed by atoms with Crippen LogP contribution in [0.25, 0.3) is 0 Å². The molecule has 0 aromatic carbocycles. The number of ether oxygens (including phenoxy) is 3. The van der Waals surface area contributed by atoms with Crippen LogP contribution < -0.4 is 5.11 Å². The SMILES string of the molecule is CC/C=C\C/C=C\C/C=C\C/C=C\CCCCCCCCCCC(=O)OCC(O)COC(OCC[N+](C)(C)C)C(=O)[O-]. The van der Waals surface area contributed by atoms with Gasteiger partial charge in [0.15, 0.2) is 6.29 Å². The van der Waals surface area contributed by atoms with Crippen molar-refractivity contribution in [2.75, 3.05) is 47.5 Å². The summed E-state index contributed by atoms with van der Waals surface area (Å²) in [4.78, 5) is 23.1. The number of allylic oxidation sites excluding steroid dienone is 8. The molecule has 0 aromatic rings. The highest BCUT2D eigenvalue weighted by atomic mass is 16.7. The van der Waals surface area contributed by atoms with Crippen molar-refractivity contribution in [2.45, 2.75) is 109 Å². The highest BCUT2D eigenvalue weighted by Crippen LogP contribution is 2.11. The second kappa shape index (κ2) is 27.6. The lowest BCUT2D eigenvalue weighted by atomic mass is 10.1. The van der Waals surface area contributed by atoms with Crippen molar-refractivity contribution in [3.8, 4) is 0 Å². The van der Waals surface area contributed by atoms with Gasteiger partial charge in [0.05, 0.1) is 40.3 Å². The molecule has 0 fully saturated rings. The number of carbonyl (C=O) groups excluding carboxylic acids is 2. The molecule has 0 spiro atoms. The number of carboxylic acid groups (broad SMARTS) is 1. The lowest BCUT2D eigenvalue weighted by Gasteiger charge is -2.26. The molecule has 0 heterocycles. The first kappa shape index (κ1) is 39.7. The third-order valence-electron chi connectivity index (χ3n) is 6.32. The highest BCUT2D eigenvalue weighted by molar-refractivity contribution is 5.69. The molecule has 8 heteroatoms. The standard InChI is InChI=1S/C34H59NO7/c1-5-6-7-8-9-10-11-12-13-14-15-16-17-18-19-20-21-22-23-24-25-26-32(37)41-29-31(36)30-42-34(33(38)39)40-28-27-35(2,3)4/h6-7,9-10,12-13,15-16,31,34,36H,5,8,11,14,17-30H2,1-4H3/b7-6-,10-9-,13-12-,16-15-. The first-order chi connectivity index (χ1) is 20.2. The van der Waals surface area contributed by atoms with Crippen molar-refractivity contribution in [3.63, 3.8) is 0 Å². The largest absolute Gasteiger partial charge is 0.545 e. The Hall–Kier alpha value is -2.26. The summed E-state index contributed by atoms with van der Waals surface area (Å²) in [6.07, 6.45) is 29.6. The van der Waals surface area contributed by atoms with Crippen molar-refractivity contribution in [1.82, 2.24) is 0 Å². The van der Waals surface area contributed by atoms with E-state index in [4.69, 9.17) is 14.2 Å². The van der Waals surface area contributed by atoms with Gasteiger partial charge in [-0.25, -0.2) is 0 Å². The number of nitrogens with zero attached hydrogens (tertiary/aromatic N) is 1. The fraction of sp³-hybridized carbons (Fsp3) is 0.706. The molecule has 0 aromatic heterocycles. The molecule has 1 N–H and O–H groups in total. The van der Waals surface area contributed by atoms with Gasteiger partial charge < -0.3 is 33.7 Å². The number of aliphatic hydroxyl groups excluding tert-OH is 1. The Morgan fingerprint density at radius 2 is 1.26 bits per heavy atom. The molecule has 242 valence electrons. The predicted molar refractivity (Wildman–Crippen MR) is 167 cm³/mol. The molecular formula is C34H59NO7. The molecule has 42 heavy (non-hydrogen) atoms. The number of quaternary nitrogens is 1. The van der Waals surface area contributed by atoms with E-state index in [-0.39, 0.29) is 25.8 Å². The average molecular weight is 594 g/mol. The summed E-state index contributed by atoms with van der Waals surface area (Å²) in [5.74, 6) is -1.89. The summed E-state index contributed by atoms with van der Waals surface area (Å²) in [6.45, 7) is 2.31. The minimum absolute atomic E-state index is 0.167. The Labute approximate surface area is 255 Å². The van der Waals surface area contributed by atoms with Crippen molar-refractivity contribution in [1.29, 1.82) is 0 Å². The molecule has 2 atom stereocenters. The van der Waals surface area contributed by atoms with E-state index in [0.29, 0.717) is 17.4 Å². The fourth-order valence-electron chi connectivity index (χ4n) is 3.82. The normalized spacial score (nSPS) is 14.0. The molecule has 0 aliphatic heterocycles. The van der Waals surface area contributed by atoms with Gasteiger partial charge in [-0.05, 0) is 44.9 Å². The number of hydrogen-bond acceptors (Lipinski definition) is 7. The second-order valence-electron chi connectivity index (χ2n) is 11.6. The first-order valence-corrected chi connectivity index (χ1v) is 15.8. The van der Waals surface area contributed by atoms with E-state index in [0.717, 1.165) is 51.4 Å². The number of aliphatic carboxylic acids is 1. The molecule has 0 saturated heterocycles. The van der Waals surface area contributed by atoms with Crippen molar-refractivity contribution in [2.24, 2.45) is 0 Å². The van der Waals surface area contributed by atoms with Crippen LogP contribution in [0.4, 0.5) is 0 Å². The number of likely N-dealkylation sites (N-methyl/N-ethyl adjacent to an activating group) is 1. The fourth-order valence-corrected chi connectivity index (χ4v) is 3.82. The van der Waals surface area contributed by atoms with E-state index < -0.39 is 18.4 Å². The Morgan fingerprint density at radius 1 is 0.738 bits per heavy atom. The Balaban J connectivity index is 3.63. The third-order valence-corrected chi connectivity index (χ3v) is 6.32. The van der Waals surface area contributed by atoms with Crippen LogP contribution in [0.2, 0.25) is 0 Å². The van der Waals surface area contributed by atoms with Gasteiger partial charge in [0, 0.05) is 6.42 Å². The van der Waals surface area contributed by atoms with Crippen LogP contribution >= 0.6 is 0 Å². The molecule has 0 radical (unpaired) electrons.